The number of thioether (sulfide) groups is 1. The molecule has 0 atom stereocenters. The number of carbonyl (C=O) groups is 1. The molecule has 9 heteroatoms. The number of nitrogen functional groups attached to an aromatic ring is 1. The van der Waals surface area contributed by atoms with E-state index >= 15 is 0 Å². The number of benzene rings is 1. The Kier molecular flexibility index (Phi) is 7.81. The molecule has 6 nitrogen and oxygen atoms in total. The van der Waals surface area contributed by atoms with Gasteiger partial charge in [-0.25, -0.2) is 4.98 Å². The zero-order valence-electron chi connectivity index (χ0n) is 15.7. The third-order valence-corrected chi connectivity index (χ3v) is 6.71. The van der Waals surface area contributed by atoms with Crippen LogP contribution in [0.1, 0.15) is 38.2 Å². The van der Waals surface area contributed by atoms with E-state index in [1.165, 1.54) is 65.7 Å². The van der Waals surface area contributed by atoms with Gasteiger partial charge in [0.05, 0.1) is 11.4 Å². The van der Waals surface area contributed by atoms with E-state index in [9.17, 15) is 4.79 Å². The van der Waals surface area contributed by atoms with Crippen LogP contribution in [0.3, 0.4) is 0 Å². The fourth-order valence-corrected chi connectivity index (χ4v) is 4.80. The van der Waals surface area contributed by atoms with Gasteiger partial charge in [0.1, 0.15) is 0 Å². The van der Waals surface area contributed by atoms with E-state index in [4.69, 9.17) is 5.73 Å². The summed E-state index contributed by atoms with van der Waals surface area (Å²) in [7, 11) is 0. The Morgan fingerprint density at radius 2 is 2.00 bits per heavy atom. The maximum absolute atomic E-state index is 12.1. The van der Waals surface area contributed by atoms with Crippen LogP contribution in [-0.4, -0.2) is 26.8 Å². The highest BCUT2D eigenvalue weighted by atomic mass is 32.2. The van der Waals surface area contributed by atoms with Crippen LogP contribution in [0.4, 0.5) is 10.3 Å². The average molecular weight is 434 g/mol. The minimum absolute atomic E-state index is 0.123. The van der Waals surface area contributed by atoms with Crippen LogP contribution in [0.2, 0.25) is 0 Å². The molecule has 0 bridgehead atoms. The lowest BCUT2D eigenvalue weighted by molar-refractivity contribution is -0.113. The van der Waals surface area contributed by atoms with E-state index in [0.29, 0.717) is 14.6 Å². The zero-order chi connectivity index (χ0) is 19.8. The lowest BCUT2D eigenvalue weighted by Crippen LogP contribution is -2.13. The van der Waals surface area contributed by atoms with Gasteiger partial charge in [-0.1, -0.05) is 73.6 Å². The highest BCUT2D eigenvalue weighted by molar-refractivity contribution is 8.01. The quantitative estimate of drug-likeness (QED) is 0.341. The molecule has 3 rings (SSSR count). The Labute approximate surface area is 177 Å². The smallest absolute Gasteiger partial charge is 0.236 e. The summed E-state index contributed by atoms with van der Waals surface area (Å²) in [5.74, 6) is 0.123. The standard InChI is InChI=1S/C19H23N5OS3/c1-2-3-4-5-6-13-7-9-14(10-8-13)15-11-26-18(21-15)22-16(25)12-27-19-24-23-17(20)28-19/h7-11H,2-6,12H2,1H3,(H2,20,23)(H,21,22,25). The summed E-state index contributed by atoms with van der Waals surface area (Å²) in [4.78, 5) is 16.6. The van der Waals surface area contributed by atoms with Crippen molar-refractivity contribution in [2.75, 3.05) is 16.8 Å². The van der Waals surface area contributed by atoms with E-state index < -0.39 is 0 Å². The Bertz CT molecular complexity index is 891. The molecule has 0 saturated carbocycles. The van der Waals surface area contributed by atoms with Crippen LogP contribution in [0.5, 0.6) is 0 Å². The number of hydrogen-bond donors (Lipinski definition) is 2. The predicted octanol–water partition coefficient (Wildman–Crippen LogP) is 5.10. The third kappa shape index (κ3) is 6.29. The molecule has 0 unspecified atom stereocenters. The largest absolute Gasteiger partial charge is 0.374 e. The molecule has 0 saturated heterocycles. The number of aromatic nitrogens is 3. The molecule has 0 aliphatic heterocycles. The number of thiazole rings is 1. The summed E-state index contributed by atoms with van der Waals surface area (Å²) < 4.78 is 0.683. The van der Waals surface area contributed by atoms with Gasteiger partial charge in [-0.2, -0.15) is 0 Å². The predicted molar refractivity (Wildman–Crippen MR) is 119 cm³/mol. The molecule has 1 aromatic carbocycles. The minimum Gasteiger partial charge on any atom is -0.374 e. The Morgan fingerprint density at radius 3 is 2.71 bits per heavy atom. The number of nitrogens with two attached hydrogens (primary N) is 1. The molecule has 3 N–H and O–H groups in total. The third-order valence-electron chi connectivity index (χ3n) is 4.07. The molecule has 3 aromatic rings. The number of aryl methyl sites for hydroxylation is 1. The van der Waals surface area contributed by atoms with Crippen LogP contribution in [0, 0.1) is 0 Å². The van der Waals surface area contributed by atoms with Crippen molar-refractivity contribution in [1.82, 2.24) is 15.2 Å². The van der Waals surface area contributed by atoms with Gasteiger partial charge >= 0.3 is 0 Å². The molecule has 0 radical (unpaired) electrons. The first-order chi connectivity index (χ1) is 13.6. The number of carbonyl (C=O) groups excluding carboxylic acids is 1. The molecule has 1 amide bonds. The maximum Gasteiger partial charge on any atom is 0.236 e. The highest BCUT2D eigenvalue weighted by Crippen LogP contribution is 2.27. The van der Waals surface area contributed by atoms with Crippen molar-refractivity contribution in [2.24, 2.45) is 0 Å². The van der Waals surface area contributed by atoms with E-state index in [1.807, 2.05) is 5.38 Å². The molecule has 148 valence electrons. The number of hydrogen-bond acceptors (Lipinski definition) is 8. The number of rotatable bonds is 10. The Morgan fingerprint density at radius 1 is 1.18 bits per heavy atom. The van der Waals surface area contributed by atoms with Crippen molar-refractivity contribution in [3.05, 3.63) is 35.2 Å². The van der Waals surface area contributed by atoms with Crippen molar-refractivity contribution in [2.45, 2.75) is 43.4 Å². The molecule has 28 heavy (non-hydrogen) atoms. The van der Waals surface area contributed by atoms with Gasteiger partial charge in [0.25, 0.3) is 0 Å². The van der Waals surface area contributed by atoms with Crippen molar-refractivity contribution in [3.8, 4) is 11.3 Å². The molecule has 0 aliphatic carbocycles. The van der Waals surface area contributed by atoms with E-state index in [-0.39, 0.29) is 11.7 Å². The summed E-state index contributed by atoms with van der Waals surface area (Å²) in [6.45, 7) is 2.23. The maximum atomic E-state index is 12.1. The summed E-state index contributed by atoms with van der Waals surface area (Å²) >= 11 is 4.01. The van der Waals surface area contributed by atoms with Gasteiger partial charge < -0.3 is 11.1 Å². The van der Waals surface area contributed by atoms with Crippen molar-refractivity contribution < 1.29 is 4.79 Å². The van der Waals surface area contributed by atoms with Crippen LogP contribution in [0.15, 0.2) is 34.0 Å². The SMILES string of the molecule is CCCCCCc1ccc(-c2csc(NC(=O)CSc3nnc(N)s3)n2)cc1. The monoisotopic (exact) mass is 433 g/mol. The second kappa shape index (κ2) is 10.5. The molecule has 2 heterocycles. The highest BCUT2D eigenvalue weighted by Gasteiger charge is 2.10. The average Bonchev–Trinajstić information content (AvgIpc) is 3.33. The molecule has 2 aromatic heterocycles. The van der Waals surface area contributed by atoms with Crippen molar-refractivity contribution in [3.63, 3.8) is 0 Å². The van der Waals surface area contributed by atoms with E-state index in [0.717, 1.165) is 17.7 Å². The normalized spacial score (nSPS) is 10.9. The second-order valence-corrected chi connectivity index (χ2v) is 9.38. The van der Waals surface area contributed by atoms with E-state index in [1.54, 1.807) is 0 Å². The van der Waals surface area contributed by atoms with Gasteiger partial charge in [0.15, 0.2) is 9.47 Å². The van der Waals surface area contributed by atoms with Crippen molar-refractivity contribution in [1.29, 1.82) is 0 Å². The van der Waals surface area contributed by atoms with E-state index in [2.05, 4.69) is 51.7 Å². The molecular weight excluding hydrogens is 410 g/mol. The lowest BCUT2D eigenvalue weighted by Gasteiger charge is -2.03. The Balaban J connectivity index is 1.49. The van der Waals surface area contributed by atoms with Gasteiger partial charge in [0.2, 0.25) is 11.0 Å². The Hall–Kier alpha value is -1.97. The molecule has 0 fully saturated rings. The van der Waals surface area contributed by atoms with Crippen LogP contribution in [-0.2, 0) is 11.2 Å². The number of unbranched alkanes of at least 4 members (excludes halogenated alkanes) is 3. The summed E-state index contributed by atoms with van der Waals surface area (Å²) in [6.07, 6.45) is 6.21. The first-order valence-corrected chi connectivity index (χ1v) is 11.9. The van der Waals surface area contributed by atoms with Crippen LogP contribution in [0.25, 0.3) is 11.3 Å². The fourth-order valence-electron chi connectivity index (χ4n) is 2.62. The van der Waals surface area contributed by atoms with Gasteiger partial charge in [-0.15, -0.1) is 21.5 Å². The summed E-state index contributed by atoms with van der Waals surface area (Å²) in [5, 5.41) is 13.4. The number of anilines is 2. The van der Waals surface area contributed by atoms with Crippen LogP contribution < -0.4 is 11.1 Å². The summed E-state index contributed by atoms with van der Waals surface area (Å²) in [6, 6.07) is 8.55. The van der Waals surface area contributed by atoms with Gasteiger partial charge in [0, 0.05) is 10.9 Å². The van der Waals surface area contributed by atoms with Crippen LogP contribution >= 0.6 is 34.4 Å². The van der Waals surface area contributed by atoms with Crippen molar-refractivity contribution >= 4 is 50.6 Å². The summed E-state index contributed by atoms with van der Waals surface area (Å²) in [5.41, 5.74) is 8.83. The molecule has 0 aliphatic rings. The molecular formula is C19H23N5OS3. The number of amides is 1. The van der Waals surface area contributed by atoms with Gasteiger partial charge in [-0.05, 0) is 18.4 Å². The first-order valence-electron chi connectivity index (χ1n) is 9.20. The lowest BCUT2D eigenvalue weighted by atomic mass is 10.0. The molecule has 0 spiro atoms. The second-order valence-electron chi connectivity index (χ2n) is 6.29. The zero-order valence-corrected chi connectivity index (χ0v) is 18.1. The minimum atomic E-state index is -0.123. The number of nitrogens with one attached hydrogen (secondary N) is 1. The first kappa shape index (κ1) is 20.8. The fraction of sp³-hybridized carbons (Fsp3) is 0.368. The van der Waals surface area contributed by atoms with Gasteiger partial charge in [-0.3, -0.25) is 4.79 Å². The topological polar surface area (TPSA) is 93.8 Å². The number of nitrogens with zero attached hydrogens (tertiary/aromatic N) is 3.